The predicted octanol–water partition coefficient (Wildman–Crippen LogP) is 3.02. The molecular formula is C13H13N3O. The number of nitrogen functional groups attached to an aromatic ring is 1. The molecule has 1 aromatic carbocycles. The van der Waals surface area contributed by atoms with Gasteiger partial charge in [-0.1, -0.05) is 23.4 Å². The average Bonchev–Trinajstić information content (AvgIpc) is 2.82. The molecule has 0 fully saturated rings. The van der Waals surface area contributed by atoms with Crippen LogP contribution in [0.25, 0.3) is 22.2 Å². The van der Waals surface area contributed by atoms with Crippen molar-refractivity contribution in [3.8, 4) is 11.3 Å². The van der Waals surface area contributed by atoms with Gasteiger partial charge in [-0.25, -0.2) is 0 Å². The number of nitrogens with two attached hydrogens (primary N) is 1. The molecule has 0 bridgehead atoms. The van der Waals surface area contributed by atoms with Crippen molar-refractivity contribution >= 4 is 16.7 Å². The van der Waals surface area contributed by atoms with Crippen LogP contribution in [-0.4, -0.2) is 10.1 Å². The second-order valence-electron chi connectivity index (χ2n) is 4.24. The molecule has 0 saturated carbocycles. The fraction of sp³-hybridized carbons (Fsp3) is 0.154. The lowest BCUT2D eigenvalue weighted by molar-refractivity contribution is 0.436. The molecule has 2 aromatic heterocycles. The molecule has 4 nitrogen and oxygen atoms in total. The summed E-state index contributed by atoms with van der Waals surface area (Å²) < 4.78 is 5.24. The Hall–Kier alpha value is -2.23. The maximum absolute atomic E-state index is 5.59. The van der Waals surface area contributed by atoms with Gasteiger partial charge in [-0.2, -0.15) is 0 Å². The summed E-state index contributed by atoms with van der Waals surface area (Å²) >= 11 is 0. The summed E-state index contributed by atoms with van der Waals surface area (Å²) in [7, 11) is 0. The molecule has 0 spiro atoms. The quantitative estimate of drug-likeness (QED) is 0.671. The van der Waals surface area contributed by atoms with Crippen LogP contribution in [0.4, 0.5) is 5.82 Å². The Labute approximate surface area is 98.4 Å². The van der Waals surface area contributed by atoms with Gasteiger partial charge in [0.25, 0.3) is 0 Å². The summed E-state index contributed by atoms with van der Waals surface area (Å²) in [5.41, 5.74) is 10.0. The number of para-hydroxylation sites is 1. The Kier molecular flexibility index (Phi) is 1.98. The molecule has 86 valence electrons. The molecule has 0 saturated heterocycles. The third-order valence-electron chi connectivity index (χ3n) is 3.00. The monoisotopic (exact) mass is 227 g/mol. The zero-order valence-corrected chi connectivity index (χ0v) is 9.74. The number of rotatable bonds is 1. The zero-order chi connectivity index (χ0) is 12.0. The highest BCUT2D eigenvalue weighted by Crippen LogP contribution is 2.33. The fourth-order valence-electron chi connectivity index (χ4n) is 2.22. The molecule has 3 aromatic rings. The molecule has 17 heavy (non-hydrogen) atoms. The molecule has 3 rings (SSSR count). The van der Waals surface area contributed by atoms with Gasteiger partial charge in [-0.15, -0.1) is 0 Å². The Balaban J connectivity index is 2.36. The van der Waals surface area contributed by atoms with Gasteiger partial charge in [0.15, 0.2) is 11.6 Å². The van der Waals surface area contributed by atoms with Crippen molar-refractivity contribution in [1.29, 1.82) is 0 Å². The van der Waals surface area contributed by atoms with Crippen molar-refractivity contribution in [2.75, 3.05) is 5.73 Å². The van der Waals surface area contributed by atoms with Gasteiger partial charge in [0.1, 0.15) is 0 Å². The third-order valence-corrected chi connectivity index (χ3v) is 3.00. The van der Waals surface area contributed by atoms with E-state index < -0.39 is 0 Å². The van der Waals surface area contributed by atoms with Crippen LogP contribution in [0, 0.1) is 13.8 Å². The van der Waals surface area contributed by atoms with Crippen molar-refractivity contribution in [1.82, 2.24) is 10.1 Å². The van der Waals surface area contributed by atoms with Crippen LogP contribution in [0.15, 0.2) is 28.8 Å². The molecule has 3 N–H and O–H groups in total. The average molecular weight is 227 g/mol. The van der Waals surface area contributed by atoms with Gasteiger partial charge in [0.2, 0.25) is 0 Å². The number of aryl methyl sites for hydroxylation is 2. The van der Waals surface area contributed by atoms with Crippen molar-refractivity contribution in [3.63, 3.8) is 0 Å². The molecule has 0 unspecified atom stereocenters. The minimum atomic E-state index is 0.404. The summed E-state index contributed by atoms with van der Waals surface area (Å²) in [5, 5.41) is 4.87. The lowest BCUT2D eigenvalue weighted by Gasteiger charge is -1.96. The number of hydrogen-bond donors (Lipinski definition) is 2. The normalized spacial score (nSPS) is 11.2. The van der Waals surface area contributed by atoms with Crippen LogP contribution in [0.3, 0.4) is 0 Å². The Bertz CT molecular complexity index is 694. The Morgan fingerprint density at radius 2 is 2.12 bits per heavy atom. The van der Waals surface area contributed by atoms with E-state index >= 15 is 0 Å². The highest BCUT2D eigenvalue weighted by molar-refractivity contribution is 5.97. The molecule has 0 aliphatic rings. The van der Waals surface area contributed by atoms with Crippen molar-refractivity contribution in [2.24, 2.45) is 0 Å². The van der Waals surface area contributed by atoms with Crippen LogP contribution in [0.2, 0.25) is 0 Å². The lowest BCUT2D eigenvalue weighted by atomic mass is 10.1. The Morgan fingerprint density at radius 3 is 2.82 bits per heavy atom. The van der Waals surface area contributed by atoms with Gasteiger partial charge in [0.05, 0.1) is 0 Å². The Morgan fingerprint density at radius 1 is 1.29 bits per heavy atom. The fourth-order valence-corrected chi connectivity index (χ4v) is 2.22. The van der Waals surface area contributed by atoms with Gasteiger partial charge in [-0.3, -0.25) is 0 Å². The topological polar surface area (TPSA) is 67.8 Å². The summed E-state index contributed by atoms with van der Waals surface area (Å²) in [6.07, 6.45) is 0. The molecule has 0 aliphatic heterocycles. The van der Waals surface area contributed by atoms with Crippen LogP contribution < -0.4 is 5.73 Å². The maximum Gasteiger partial charge on any atom is 0.171 e. The number of benzene rings is 1. The van der Waals surface area contributed by atoms with Crippen LogP contribution >= 0.6 is 0 Å². The van der Waals surface area contributed by atoms with E-state index in [4.69, 9.17) is 10.3 Å². The minimum Gasteiger partial charge on any atom is -0.381 e. The maximum atomic E-state index is 5.59. The van der Waals surface area contributed by atoms with Crippen molar-refractivity contribution in [2.45, 2.75) is 13.8 Å². The predicted molar refractivity (Wildman–Crippen MR) is 67.7 cm³/mol. The number of aromatic nitrogens is 2. The first kappa shape index (κ1) is 9.96. The van der Waals surface area contributed by atoms with E-state index in [1.807, 2.05) is 13.0 Å². The van der Waals surface area contributed by atoms with E-state index in [1.165, 1.54) is 5.56 Å². The van der Waals surface area contributed by atoms with Gasteiger partial charge in [0, 0.05) is 28.2 Å². The second kappa shape index (κ2) is 3.38. The number of H-pyrrole nitrogens is 1. The number of nitrogens with one attached hydrogen (secondary N) is 1. The second-order valence-corrected chi connectivity index (χ2v) is 4.24. The molecule has 0 aliphatic carbocycles. The SMILES string of the molecule is Cc1[nH]c2c(C)cccc2c1-c1cc(N)no1. The molecule has 0 atom stereocenters. The summed E-state index contributed by atoms with van der Waals surface area (Å²) in [5.74, 6) is 1.11. The van der Waals surface area contributed by atoms with Crippen molar-refractivity contribution in [3.05, 3.63) is 35.5 Å². The third kappa shape index (κ3) is 1.41. The molecule has 0 radical (unpaired) electrons. The number of aromatic amines is 1. The summed E-state index contributed by atoms with van der Waals surface area (Å²) in [4.78, 5) is 3.37. The summed E-state index contributed by atoms with van der Waals surface area (Å²) in [6, 6.07) is 7.93. The number of anilines is 1. The van der Waals surface area contributed by atoms with E-state index in [-0.39, 0.29) is 0 Å². The van der Waals surface area contributed by atoms with Crippen LogP contribution in [0.5, 0.6) is 0 Å². The van der Waals surface area contributed by atoms with Gasteiger partial charge in [-0.05, 0) is 19.4 Å². The number of nitrogens with zero attached hydrogens (tertiary/aromatic N) is 1. The standard InChI is InChI=1S/C13H13N3O/c1-7-4-3-5-9-12(8(2)15-13(7)9)10-6-11(14)16-17-10/h3-6,15H,1-2H3,(H2,14,16). The first-order valence-electron chi connectivity index (χ1n) is 5.47. The van der Waals surface area contributed by atoms with E-state index in [0.717, 1.165) is 22.2 Å². The summed E-state index contributed by atoms with van der Waals surface area (Å²) in [6.45, 7) is 4.10. The largest absolute Gasteiger partial charge is 0.381 e. The van der Waals surface area contributed by atoms with E-state index in [0.29, 0.717) is 11.6 Å². The van der Waals surface area contributed by atoms with E-state index in [1.54, 1.807) is 6.07 Å². The minimum absolute atomic E-state index is 0.404. The van der Waals surface area contributed by atoms with Gasteiger partial charge < -0.3 is 15.2 Å². The molecule has 4 heteroatoms. The molecule has 2 heterocycles. The first-order valence-corrected chi connectivity index (χ1v) is 5.47. The van der Waals surface area contributed by atoms with Crippen molar-refractivity contribution < 1.29 is 4.52 Å². The van der Waals surface area contributed by atoms with Crippen LogP contribution in [-0.2, 0) is 0 Å². The molecular weight excluding hydrogens is 214 g/mol. The van der Waals surface area contributed by atoms with E-state index in [9.17, 15) is 0 Å². The number of hydrogen-bond acceptors (Lipinski definition) is 3. The number of fused-ring (bicyclic) bond motifs is 1. The molecule has 0 amide bonds. The van der Waals surface area contributed by atoms with Gasteiger partial charge >= 0.3 is 0 Å². The van der Waals surface area contributed by atoms with Crippen LogP contribution in [0.1, 0.15) is 11.3 Å². The van der Waals surface area contributed by atoms with E-state index in [2.05, 4.69) is 29.2 Å². The lowest BCUT2D eigenvalue weighted by Crippen LogP contribution is -1.80. The first-order chi connectivity index (χ1) is 8.16. The zero-order valence-electron chi connectivity index (χ0n) is 9.74. The smallest absolute Gasteiger partial charge is 0.171 e. The highest BCUT2D eigenvalue weighted by Gasteiger charge is 2.15. The highest BCUT2D eigenvalue weighted by atomic mass is 16.5.